The fraction of sp³-hybridized carbons (Fsp3) is 0.938. The van der Waals surface area contributed by atoms with Gasteiger partial charge < -0.3 is 4.90 Å². The van der Waals surface area contributed by atoms with E-state index in [1.54, 1.807) is 0 Å². The van der Waals surface area contributed by atoms with Crippen molar-refractivity contribution in [2.75, 3.05) is 20.1 Å². The van der Waals surface area contributed by atoms with E-state index in [1.165, 1.54) is 44.9 Å². The zero-order valence-electron chi connectivity index (χ0n) is 12.6. The summed E-state index contributed by atoms with van der Waals surface area (Å²) in [5.74, 6) is 0.543. The quantitative estimate of drug-likeness (QED) is 0.801. The number of rotatable bonds is 6. The fourth-order valence-electron chi connectivity index (χ4n) is 4.09. The van der Waals surface area contributed by atoms with Gasteiger partial charge in [-0.05, 0) is 58.2 Å². The number of nitriles is 1. The normalized spacial score (nSPS) is 32.0. The molecule has 0 aromatic heterocycles. The number of hydrogen-bond acceptors (Lipinski definition) is 3. The summed E-state index contributed by atoms with van der Waals surface area (Å²) in [6.07, 6.45) is 10.2. The van der Waals surface area contributed by atoms with Crippen LogP contribution in [0.25, 0.3) is 0 Å². The third-order valence-electron chi connectivity index (χ3n) is 5.29. The Kier molecular flexibility index (Phi) is 5.24. The largest absolute Gasteiger partial charge is 0.303 e. The van der Waals surface area contributed by atoms with Crippen LogP contribution in [0.3, 0.4) is 0 Å². The highest BCUT2D eigenvalue weighted by molar-refractivity contribution is 5.14. The summed E-state index contributed by atoms with van der Waals surface area (Å²) < 4.78 is 0. The van der Waals surface area contributed by atoms with Gasteiger partial charge in [-0.2, -0.15) is 5.26 Å². The molecule has 0 heterocycles. The summed E-state index contributed by atoms with van der Waals surface area (Å²) in [5.41, 5.74) is -0.231. The maximum atomic E-state index is 9.57. The van der Waals surface area contributed by atoms with Gasteiger partial charge in [-0.3, -0.25) is 5.32 Å². The second-order valence-corrected chi connectivity index (χ2v) is 6.41. The van der Waals surface area contributed by atoms with Crippen LogP contribution in [0.4, 0.5) is 0 Å². The maximum Gasteiger partial charge on any atom is 0.109 e. The highest BCUT2D eigenvalue weighted by Crippen LogP contribution is 2.38. The van der Waals surface area contributed by atoms with Gasteiger partial charge in [0.15, 0.2) is 0 Å². The van der Waals surface area contributed by atoms with E-state index in [-0.39, 0.29) is 5.54 Å². The summed E-state index contributed by atoms with van der Waals surface area (Å²) >= 11 is 0. The lowest BCUT2D eigenvalue weighted by atomic mass is 9.85. The predicted octanol–water partition coefficient (Wildman–Crippen LogP) is 2.92. The van der Waals surface area contributed by atoms with Crippen LogP contribution in [-0.4, -0.2) is 36.6 Å². The van der Waals surface area contributed by atoms with E-state index in [0.717, 1.165) is 25.6 Å². The molecule has 0 radical (unpaired) electrons. The smallest absolute Gasteiger partial charge is 0.109 e. The number of nitrogens with one attached hydrogen (secondary N) is 1. The Morgan fingerprint density at radius 1 is 1.26 bits per heavy atom. The molecule has 0 amide bonds. The lowest BCUT2D eigenvalue weighted by molar-refractivity contribution is 0.207. The van der Waals surface area contributed by atoms with Crippen LogP contribution in [0.5, 0.6) is 0 Å². The van der Waals surface area contributed by atoms with E-state index >= 15 is 0 Å². The van der Waals surface area contributed by atoms with E-state index in [9.17, 15) is 5.26 Å². The lowest BCUT2D eigenvalue weighted by Gasteiger charge is -2.32. The average Bonchev–Trinajstić information content (AvgIpc) is 3.06. The summed E-state index contributed by atoms with van der Waals surface area (Å²) in [4.78, 5) is 2.54. The van der Waals surface area contributed by atoms with Crippen molar-refractivity contribution in [2.45, 2.75) is 69.9 Å². The molecule has 2 unspecified atom stereocenters. The van der Waals surface area contributed by atoms with Crippen molar-refractivity contribution in [1.82, 2.24) is 10.2 Å². The first-order chi connectivity index (χ1) is 9.22. The van der Waals surface area contributed by atoms with Gasteiger partial charge in [-0.25, -0.2) is 0 Å². The number of nitrogens with zero attached hydrogens (tertiary/aromatic N) is 2. The first-order valence-electron chi connectivity index (χ1n) is 8.08. The highest BCUT2D eigenvalue weighted by atomic mass is 15.1. The van der Waals surface area contributed by atoms with Gasteiger partial charge in [0.05, 0.1) is 6.07 Å². The number of hydrogen-bond donors (Lipinski definition) is 1. The molecule has 0 spiro atoms. The van der Waals surface area contributed by atoms with Crippen LogP contribution < -0.4 is 5.32 Å². The van der Waals surface area contributed by atoms with Crippen LogP contribution in [-0.2, 0) is 0 Å². The van der Waals surface area contributed by atoms with Crippen LogP contribution in [0.1, 0.15) is 58.3 Å². The lowest BCUT2D eigenvalue weighted by Crippen LogP contribution is -2.47. The molecule has 2 saturated carbocycles. The first-order valence-corrected chi connectivity index (χ1v) is 8.08. The summed E-state index contributed by atoms with van der Waals surface area (Å²) in [6.45, 7) is 4.17. The van der Waals surface area contributed by atoms with Crippen molar-refractivity contribution < 1.29 is 0 Å². The van der Waals surface area contributed by atoms with Gasteiger partial charge >= 0.3 is 0 Å². The van der Waals surface area contributed by atoms with Crippen LogP contribution >= 0.6 is 0 Å². The molecule has 2 aliphatic rings. The average molecular weight is 263 g/mol. The second kappa shape index (κ2) is 6.72. The molecule has 3 nitrogen and oxygen atoms in total. The molecule has 0 saturated heterocycles. The Morgan fingerprint density at radius 3 is 2.63 bits per heavy atom. The van der Waals surface area contributed by atoms with Crippen molar-refractivity contribution >= 4 is 0 Å². The van der Waals surface area contributed by atoms with Gasteiger partial charge in [-0.15, -0.1) is 0 Å². The maximum absolute atomic E-state index is 9.57. The first kappa shape index (κ1) is 14.8. The van der Waals surface area contributed by atoms with Crippen molar-refractivity contribution in [1.29, 1.82) is 5.26 Å². The molecule has 2 fully saturated rings. The molecular weight excluding hydrogens is 234 g/mol. The second-order valence-electron chi connectivity index (χ2n) is 6.41. The van der Waals surface area contributed by atoms with Gasteiger partial charge in [0.1, 0.15) is 5.54 Å². The SMILES string of the molecule is CCNC1(C#N)CCCC1CCN(C)C1CCCC1. The third-order valence-corrected chi connectivity index (χ3v) is 5.29. The monoisotopic (exact) mass is 263 g/mol. The van der Waals surface area contributed by atoms with E-state index < -0.39 is 0 Å². The molecule has 2 rings (SSSR count). The molecule has 0 aliphatic heterocycles. The van der Waals surface area contributed by atoms with Gasteiger partial charge in [0.25, 0.3) is 0 Å². The Bertz CT molecular complexity index is 316. The predicted molar refractivity (Wildman–Crippen MR) is 78.9 cm³/mol. The Hall–Kier alpha value is -0.590. The van der Waals surface area contributed by atoms with Crippen molar-refractivity contribution in [2.24, 2.45) is 5.92 Å². The highest BCUT2D eigenvalue weighted by Gasteiger charge is 2.42. The van der Waals surface area contributed by atoms with Gasteiger partial charge in [0, 0.05) is 6.04 Å². The minimum Gasteiger partial charge on any atom is -0.303 e. The Morgan fingerprint density at radius 2 is 2.00 bits per heavy atom. The molecule has 2 aliphatic carbocycles. The molecule has 1 N–H and O–H groups in total. The van der Waals surface area contributed by atoms with Crippen LogP contribution in [0, 0.1) is 17.2 Å². The third kappa shape index (κ3) is 3.30. The van der Waals surface area contributed by atoms with Crippen molar-refractivity contribution in [3.8, 4) is 6.07 Å². The van der Waals surface area contributed by atoms with Gasteiger partial charge in [0.2, 0.25) is 0 Å². The van der Waals surface area contributed by atoms with E-state index in [4.69, 9.17) is 0 Å². The molecule has 2 atom stereocenters. The van der Waals surface area contributed by atoms with Gasteiger partial charge in [-0.1, -0.05) is 26.2 Å². The van der Waals surface area contributed by atoms with Crippen molar-refractivity contribution in [3.05, 3.63) is 0 Å². The topological polar surface area (TPSA) is 39.1 Å². The molecule has 108 valence electrons. The summed E-state index contributed by atoms with van der Waals surface area (Å²) in [7, 11) is 2.27. The standard InChI is InChI=1S/C16H29N3/c1-3-18-16(13-17)11-6-7-14(16)10-12-19(2)15-8-4-5-9-15/h14-15,18H,3-12H2,1-2H3. The molecular formula is C16H29N3. The minimum atomic E-state index is -0.231. The zero-order valence-corrected chi connectivity index (χ0v) is 12.6. The summed E-state index contributed by atoms with van der Waals surface area (Å²) in [5, 5.41) is 13.0. The fourth-order valence-corrected chi connectivity index (χ4v) is 4.09. The summed E-state index contributed by atoms with van der Waals surface area (Å²) in [6, 6.07) is 3.39. The zero-order chi connectivity index (χ0) is 13.7. The molecule has 3 heteroatoms. The molecule has 19 heavy (non-hydrogen) atoms. The Balaban J connectivity index is 1.85. The van der Waals surface area contributed by atoms with Crippen LogP contribution in [0.15, 0.2) is 0 Å². The van der Waals surface area contributed by atoms with Crippen molar-refractivity contribution in [3.63, 3.8) is 0 Å². The molecule has 0 aromatic carbocycles. The molecule has 0 aromatic rings. The minimum absolute atomic E-state index is 0.231. The Labute approximate surface area is 118 Å². The van der Waals surface area contributed by atoms with Crippen LogP contribution in [0.2, 0.25) is 0 Å². The van der Waals surface area contributed by atoms with E-state index in [0.29, 0.717) is 5.92 Å². The van der Waals surface area contributed by atoms with E-state index in [2.05, 4.69) is 30.3 Å². The molecule has 0 bridgehead atoms. The van der Waals surface area contributed by atoms with E-state index in [1.807, 2.05) is 0 Å².